The molecule has 0 aromatic rings. The maximum atomic E-state index is 12.6. The van der Waals surface area contributed by atoms with Crippen LogP contribution in [0.5, 0.6) is 0 Å². The zero-order valence-corrected chi connectivity index (χ0v) is 15.1. The Morgan fingerprint density at radius 3 is 2.08 bits per heavy atom. The van der Waals surface area contributed by atoms with Gasteiger partial charge in [-0.2, -0.15) is 0 Å². The second-order valence-electron chi connectivity index (χ2n) is 8.78. The summed E-state index contributed by atoms with van der Waals surface area (Å²) in [6.45, 7) is 3.09. The fourth-order valence-corrected chi connectivity index (χ4v) is 6.81. The molecule has 4 bridgehead atoms. The molecule has 0 saturated heterocycles. The molecule has 0 spiro atoms. The number of esters is 2. The van der Waals surface area contributed by atoms with E-state index in [1.165, 1.54) is 64.2 Å². The topological polar surface area (TPSA) is 52.6 Å². The second kappa shape index (κ2) is 6.77. The lowest BCUT2D eigenvalue weighted by molar-refractivity contribution is -0.234. The summed E-state index contributed by atoms with van der Waals surface area (Å²) in [5.41, 5.74) is -0.286. The predicted octanol–water partition coefficient (Wildman–Crippen LogP) is 4.03. The molecule has 0 atom stereocenters. The minimum absolute atomic E-state index is 0.286. The van der Waals surface area contributed by atoms with E-state index in [1.807, 2.05) is 0 Å². The quantitative estimate of drug-likeness (QED) is 0.557. The van der Waals surface area contributed by atoms with Crippen LogP contribution in [0.1, 0.15) is 64.2 Å². The van der Waals surface area contributed by atoms with E-state index in [-0.39, 0.29) is 18.2 Å². The van der Waals surface area contributed by atoms with E-state index in [4.69, 9.17) is 9.47 Å². The molecule has 0 aromatic carbocycles. The number of hydrogen-bond acceptors (Lipinski definition) is 4. The van der Waals surface area contributed by atoms with Gasteiger partial charge in [-0.3, -0.25) is 0 Å². The van der Waals surface area contributed by atoms with Gasteiger partial charge >= 0.3 is 11.9 Å². The highest BCUT2D eigenvalue weighted by Gasteiger charge is 2.62. The van der Waals surface area contributed by atoms with E-state index in [0.29, 0.717) is 17.8 Å². The van der Waals surface area contributed by atoms with Crippen LogP contribution >= 0.6 is 0 Å². The van der Waals surface area contributed by atoms with Crippen molar-refractivity contribution in [1.82, 2.24) is 0 Å². The number of carbonyl (C=O) groups excluding carboxylic acids is 2. The average Bonchev–Trinajstić information content (AvgIpc) is 2.63. The maximum Gasteiger partial charge on any atom is 0.344 e. The molecule has 4 nitrogen and oxygen atoms in total. The molecule has 0 heterocycles. The Kier molecular flexibility index (Phi) is 4.63. The van der Waals surface area contributed by atoms with Crippen molar-refractivity contribution in [3.8, 4) is 0 Å². The third-order valence-electron chi connectivity index (χ3n) is 7.45. The molecule has 5 fully saturated rings. The van der Waals surface area contributed by atoms with Crippen molar-refractivity contribution in [3.63, 3.8) is 0 Å². The minimum atomic E-state index is -0.561. The SMILES string of the molecule is C=CC(=O)OCC(=O)OC1(C2CCCCC2)C2CC3CC(C2)CC1C3. The van der Waals surface area contributed by atoms with E-state index in [0.717, 1.165) is 17.9 Å². The van der Waals surface area contributed by atoms with Gasteiger partial charge in [0.2, 0.25) is 0 Å². The Morgan fingerprint density at radius 2 is 1.52 bits per heavy atom. The first kappa shape index (κ1) is 17.1. The summed E-state index contributed by atoms with van der Waals surface area (Å²) in [5.74, 6) is 2.29. The molecule has 5 rings (SSSR count). The third kappa shape index (κ3) is 3.02. The van der Waals surface area contributed by atoms with E-state index >= 15 is 0 Å². The summed E-state index contributed by atoms with van der Waals surface area (Å²) in [4.78, 5) is 23.9. The van der Waals surface area contributed by atoms with Gasteiger partial charge < -0.3 is 9.47 Å². The summed E-state index contributed by atoms with van der Waals surface area (Å²) < 4.78 is 11.2. The van der Waals surface area contributed by atoms with Crippen molar-refractivity contribution < 1.29 is 19.1 Å². The number of ether oxygens (including phenoxy) is 2. The molecule has 0 radical (unpaired) electrons. The zero-order valence-electron chi connectivity index (χ0n) is 15.1. The van der Waals surface area contributed by atoms with Crippen molar-refractivity contribution >= 4 is 11.9 Å². The van der Waals surface area contributed by atoms with Crippen molar-refractivity contribution in [1.29, 1.82) is 0 Å². The normalized spacial score (nSPS) is 39.8. The van der Waals surface area contributed by atoms with Crippen LogP contribution in [0.2, 0.25) is 0 Å². The largest absolute Gasteiger partial charge is 0.456 e. The van der Waals surface area contributed by atoms with Crippen LogP contribution in [0.25, 0.3) is 0 Å². The lowest BCUT2D eigenvalue weighted by Gasteiger charge is -2.63. The molecule has 25 heavy (non-hydrogen) atoms. The Labute approximate surface area is 150 Å². The molecular weight excluding hydrogens is 316 g/mol. The molecule has 0 aliphatic heterocycles. The van der Waals surface area contributed by atoms with Crippen LogP contribution in [0.4, 0.5) is 0 Å². The fourth-order valence-electron chi connectivity index (χ4n) is 6.81. The number of hydrogen-bond donors (Lipinski definition) is 0. The van der Waals surface area contributed by atoms with E-state index in [1.54, 1.807) is 0 Å². The van der Waals surface area contributed by atoms with Crippen molar-refractivity contribution in [2.24, 2.45) is 29.6 Å². The van der Waals surface area contributed by atoms with Crippen LogP contribution in [-0.2, 0) is 19.1 Å². The molecule has 5 aliphatic rings. The Balaban J connectivity index is 1.55. The molecule has 0 unspecified atom stereocenters. The van der Waals surface area contributed by atoms with Crippen LogP contribution in [0.15, 0.2) is 12.7 Å². The Bertz CT molecular complexity index is 513. The molecule has 138 valence electrons. The smallest absolute Gasteiger partial charge is 0.344 e. The van der Waals surface area contributed by atoms with Crippen LogP contribution in [0.3, 0.4) is 0 Å². The summed E-state index contributed by atoms with van der Waals surface area (Å²) in [6, 6.07) is 0. The lowest BCUT2D eigenvalue weighted by Crippen LogP contribution is -2.63. The minimum Gasteiger partial charge on any atom is -0.456 e. The summed E-state index contributed by atoms with van der Waals surface area (Å²) in [5, 5.41) is 0. The zero-order chi connectivity index (χ0) is 17.4. The van der Waals surface area contributed by atoms with Gasteiger partial charge in [-0.15, -0.1) is 0 Å². The van der Waals surface area contributed by atoms with Gasteiger partial charge in [0, 0.05) is 6.08 Å². The van der Waals surface area contributed by atoms with Gasteiger partial charge in [0.1, 0.15) is 5.60 Å². The lowest BCUT2D eigenvalue weighted by atomic mass is 9.46. The standard InChI is InChI=1S/C21H30O4/c1-2-19(22)24-13-20(23)25-21(16-6-4-3-5-7-16)17-9-14-8-15(11-17)12-18(21)10-14/h2,14-18H,1,3-13H2. The van der Waals surface area contributed by atoms with Crippen LogP contribution < -0.4 is 0 Å². The molecular formula is C21H30O4. The van der Waals surface area contributed by atoms with Gasteiger partial charge in [0.05, 0.1) is 0 Å². The van der Waals surface area contributed by atoms with Crippen LogP contribution in [-0.4, -0.2) is 24.1 Å². The van der Waals surface area contributed by atoms with E-state index < -0.39 is 5.97 Å². The first-order chi connectivity index (χ1) is 12.1. The first-order valence-electron chi connectivity index (χ1n) is 10.1. The molecule has 5 aliphatic carbocycles. The number of carbonyl (C=O) groups is 2. The molecule has 0 aromatic heterocycles. The highest BCUT2D eigenvalue weighted by molar-refractivity contribution is 5.83. The highest BCUT2D eigenvalue weighted by Crippen LogP contribution is 2.63. The Hall–Kier alpha value is -1.32. The first-order valence-corrected chi connectivity index (χ1v) is 10.1. The van der Waals surface area contributed by atoms with Gasteiger partial charge in [0.15, 0.2) is 6.61 Å². The number of rotatable bonds is 5. The van der Waals surface area contributed by atoms with Crippen molar-refractivity contribution in [2.75, 3.05) is 6.61 Å². The van der Waals surface area contributed by atoms with E-state index in [9.17, 15) is 9.59 Å². The van der Waals surface area contributed by atoms with Crippen molar-refractivity contribution in [2.45, 2.75) is 69.8 Å². The van der Waals surface area contributed by atoms with Gasteiger partial charge in [-0.25, -0.2) is 9.59 Å². The summed E-state index contributed by atoms with van der Waals surface area (Å²) in [7, 11) is 0. The van der Waals surface area contributed by atoms with Crippen molar-refractivity contribution in [3.05, 3.63) is 12.7 Å². The van der Waals surface area contributed by atoms with Crippen LogP contribution in [0, 0.1) is 29.6 Å². The monoisotopic (exact) mass is 346 g/mol. The van der Waals surface area contributed by atoms with Gasteiger partial charge in [-0.1, -0.05) is 25.8 Å². The molecule has 4 heteroatoms. The summed E-state index contributed by atoms with van der Waals surface area (Å²) >= 11 is 0. The second-order valence-corrected chi connectivity index (χ2v) is 8.78. The van der Waals surface area contributed by atoms with Gasteiger partial charge in [-0.05, 0) is 74.5 Å². The average molecular weight is 346 g/mol. The molecule has 0 amide bonds. The Morgan fingerprint density at radius 1 is 0.920 bits per heavy atom. The fraction of sp³-hybridized carbons (Fsp3) is 0.810. The summed E-state index contributed by atoms with van der Waals surface area (Å²) in [6.07, 6.45) is 13.6. The molecule has 5 saturated carbocycles. The van der Waals surface area contributed by atoms with E-state index in [2.05, 4.69) is 6.58 Å². The predicted molar refractivity (Wildman–Crippen MR) is 93.6 cm³/mol. The highest BCUT2D eigenvalue weighted by atomic mass is 16.6. The maximum absolute atomic E-state index is 12.6. The third-order valence-corrected chi connectivity index (χ3v) is 7.45. The molecule has 0 N–H and O–H groups in total. The van der Waals surface area contributed by atoms with Gasteiger partial charge in [0.25, 0.3) is 0 Å².